The summed E-state index contributed by atoms with van der Waals surface area (Å²) in [6.45, 7) is 6.22. The molecular weight excluding hydrogens is 303 g/mol. The number of benzene rings is 1. The van der Waals surface area contributed by atoms with Crippen LogP contribution in [0.25, 0.3) is 0 Å². The van der Waals surface area contributed by atoms with Gasteiger partial charge in [0.25, 0.3) is 0 Å². The van der Waals surface area contributed by atoms with Gasteiger partial charge in [0.05, 0.1) is 6.61 Å². The van der Waals surface area contributed by atoms with Crippen molar-refractivity contribution in [1.82, 2.24) is 0 Å². The van der Waals surface area contributed by atoms with Gasteiger partial charge in [-0.3, -0.25) is 4.79 Å². The van der Waals surface area contributed by atoms with Crippen LogP contribution in [-0.4, -0.2) is 12.4 Å². The third-order valence-electron chi connectivity index (χ3n) is 3.91. The number of aryl methyl sites for hydroxylation is 1. The fourth-order valence-corrected chi connectivity index (χ4v) is 2.56. The Bertz CT molecular complexity index is 488. The van der Waals surface area contributed by atoms with Crippen molar-refractivity contribution < 1.29 is 13.9 Å². The Balaban J connectivity index is 2.44. The highest BCUT2D eigenvalue weighted by molar-refractivity contribution is 6.30. The van der Waals surface area contributed by atoms with Gasteiger partial charge in [-0.15, -0.1) is 0 Å². The maximum Gasteiger partial charge on any atom is 0.168 e. The Hall–Kier alpha value is -1.09. The van der Waals surface area contributed by atoms with Crippen molar-refractivity contribution in [2.24, 2.45) is 5.92 Å². The van der Waals surface area contributed by atoms with Crippen molar-refractivity contribution in [3.8, 4) is 5.75 Å². The van der Waals surface area contributed by atoms with Gasteiger partial charge in [0, 0.05) is 23.4 Å². The molecule has 22 heavy (non-hydrogen) atoms. The van der Waals surface area contributed by atoms with E-state index in [1.807, 2.05) is 20.8 Å². The molecular formula is C18H26ClFO2. The van der Waals surface area contributed by atoms with E-state index in [0.717, 1.165) is 25.7 Å². The second-order valence-corrected chi connectivity index (χ2v) is 6.08. The highest BCUT2D eigenvalue weighted by Crippen LogP contribution is 2.27. The summed E-state index contributed by atoms with van der Waals surface area (Å²) >= 11 is 6.00. The first-order valence-electron chi connectivity index (χ1n) is 8.13. The lowest BCUT2D eigenvalue weighted by Crippen LogP contribution is -2.09. The van der Waals surface area contributed by atoms with Crippen molar-refractivity contribution in [3.05, 3.63) is 28.5 Å². The van der Waals surface area contributed by atoms with Gasteiger partial charge in [0.2, 0.25) is 0 Å². The number of unbranched alkanes of at least 4 members (excludes halogenated alkanes) is 2. The molecule has 0 heterocycles. The number of hydrogen-bond donors (Lipinski definition) is 0. The summed E-state index contributed by atoms with van der Waals surface area (Å²) < 4.78 is 19.4. The predicted molar refractivity (Wildman–Crippen MR) is 89.2 cm³/mol. The van der Waals surface area contributed by atoms with E-state index in [1.165, 1.54) is 6.07 Å². The molecule has 0 aromatic heterocycles. The molecule has 4 heteroatoms. The van der Waals surface area contributed by atoms with Gasteiger partial charge in [0.15, 0.2) is 11.6 Å². The van der Waals surface area contributed by atoms with E-state index in [2.05, 4.69) is 0 Å². The maximum atomic E-state index is 14.2. The van der Waals surface area contributed by atoms with Crippen LogP contribution in [-0.2, 0) is 11.2 Å². The number of halogens is 2. The number of carbonyl (C=O) groups is 1. The Labute approximate surface area is 138 Å². The molecule has 0 spiro atoms. The van der Waals surface area contributed by atoms with Crippen LogP contribution in [0.15, 0.2) is 12.1 Å². The molecule has 1 aromatic rings. The van der Waals surface area contributed by atoms with Crippen molar-refractivity contribution in [1.29, 1.82) is 0 Å². The molecule has 0 bridgehead atoms. The zero-order valence-corrected chi connectivity index (χ0v) is 14.5. The summed E-state index contributed by atoms with van der Waals surface area (Å²) in [5.74, 6) is 0.382. The minimum atomic E-state index is -0.318. The van der Waals surface area contributed by atoms with Crippen LogP contribution in [0.5, 0.6) is 5.75 Å². The molecule has 0 radical (unpaired) electrons. The predicted octanol–water partition coefficient (Wildman–Crippen LogP) is 5.60. The number of hydrogen-bond acceptors (Lipinski definition) is 2. The second kappa shape index (κ2) is 9.83. The molecule has 1 aromatic carbocycles. The van der Waals surface area contributed by atoms with E-state index in [9.17, 15) is 9.18 Å². The Morgan fingerprint density at radius 1 is 1.27 bits per heavy atom. The fourth-order valence-electron chi connectivity index (χ4n) is 2.33. The summed E-state index contributed by atoms with van der Waals surface area (Å²) in [6, 6.07) is 3.17. The third-order valence-corrected chi connectivity index (χ3v) is 4.13. The molecule has 1 rings (SSSR count). The zero-order valence-electron chi connectivity index (χ0n) is 13.8. The van der Waals surface area contributed by atoms with Crippen LogP contribution < -0.4 is 4.74 Å². The fraction of sp³-hybridized carbons (Fsp3) is 0.611. The minimum absolute atomic E-state index is 0.152. The van der Waals surface area contributed by atoms with E-state index >= 15 is 0 Å². The Morgan fingerprint density at radius 2 is 2.00 bits per heavy atom. The molecule has 1 atom stereocenters. The van der Waals surface area contributed by atoms with E-state index in [1.54, 1.807) is 6.07 Å². The number of ketones is 1. The lowest BCUT2D eigenvalue weighted by atomic mass is 9.98. The number of carbonyl (C=O) groups excluding carboxylic acids is 1. The molecule has 0 saturated heterocycles. The average Bonchev–Trinajstić information content (AvgIpc) is 2.50. The molecule has 0 saturated carbocycles. The lowest BCUT2D eigenvalue weighted by Gasteiger charge is -2.10. The summed E-state index contributed by atoms with van der Waals surface area (Å²) in [5.41, 5.74) is 0.587. The van der Waals surface area contributed by atoms with Gasteiger partial charge < -0.3 is 4.74 Å². The first-order valence-corrected chi connectivity index (χ1v) is 8.50. The lowest BCUT2D eigenvalue weighted by molar-refractivity contribution is -0.122. The summed E-state index contributed by atoms with van der Waals surface area (Å²) in [5, 5.41) is 0.492. The van der Waals surface area contributed by atoms with Gasteiger partial charge in [-0.05, 0) is 44.2 Å². The monoisotopic (exact) mass is 328 g/mol. The van der Waals surface area contributed by atoms with Gasteiger partial charge in [0.1, 0.15) is 5.78 Å². The number of rotatable bonds is 10. The molecule has 0 amide bonds. The number of Topliss-reactive ketones (excluding diaryl/α,β-unsaturated/α-hetero) is 1. The van der Waals surface area contributed by atoms with Crippen LogP contribution in [0.4, 0.5) is 4.39 Å². The zero-order chi connectivity index (χ0) is 16.5. The van der Waals surface area contributed by atoms with Crippen molar-refractivity contribution in [2.45, 2.75) is 59.3 Å². The third kappa shape index (κ3) is 5.96. The molecule has 0 aliphatic carbocycles. The van der Waals surface area contributed by atoms with Crippen molar-refractivity contribution >= 4 is 17.4 Å². The molecule has 0 fully saturated rings. The van der Waals surface area contributed by atoms with Gasteiger partial charge in [-0.2, -0.15) is 0 Å². The highest BCUT2D eigenvalue weighted by Gasteiger charge is 2.12. The summed E-state index contributed by atoms with van der Waals surface area (Å²) in [7, 11) is 0. The first-order chi connectivity index (χ1) is 10.5. The smallest absolute Gasteiger partial charge is 0.168 e. The molecule has 124 valence electrons. The second-order valence-electron chi connectivity index (χ2n) is 5.65. The SMILES string of the molecule is CCOc1cc(Cl)cc(CCCCCC(=O)C(C)CC)c1F. The van der Waals surface area contributed by atoms with E-state index in [0.29, 0.717) is 35.8 Å². The standard InChI is InChI=1S/C18H26ClFO2/c1-4-13(3)16(21)10-8-6-7-9-14-11-15(19)12-17(18(14)20)22-5-2/h11-13H,4-10H2,1-3H3. The van der Waals surface area contributed by atoms with Crippen LogP contribution in [0.3, 0.4) is 0 Å². The van der Waals surface area contributed by atoms with E-state index in [-0.39, 0.29) is 17.5 Å². The van der Waals surface area contributed by atoms with E-state index in [4.69, 9.17) is 16.3 Å². The molecule has 0 N–H and O–H groups in total. The Morgan fingerprint density at radius 3 is 2.64 bits per heavy atom. The largest absolute Gasteiger partial charge is 0.491 e. The minimum Gasteiger partial charge on any atom is -0.491 e. The number of ether oxygens (including phenoxy) is 1. The van der Waals surface area contributed by atoms with Crippen LogP contribution in [0.1, 0.15) is 58.4 Å². The van der Waals surface area contributed by atoms with Crippen molar-refractivity contribution in [3.63, 3.8) is 0 Å². The summed E-state index contributed by atoms with van der Waals surface area (Å²) in [6.07, 6.45) is 4.76. The van der Waals surface area contributed by atoms with Gasteiger partial charge in [-0.25, -0.2) is 4.39 Å². The van der Waals surface area contributed by atoms with Crippen LogP contribution in [0.2, 0.25) is 5.02 Å². The normalized spacial score (nSPS) is 12.2. The van der Waals surface area contributed by atoms with Gasteiger partial charge in [-0.1, -0.05) is 31.9 Å². The van der Waals surface area contributed by atoms with Gasteiger partial charge >= 0.3 is 0 Å². The highest BCUT2D eigenvalue weighted by atomic mass is 35.5. The topological polar surface area (TPSA) is 26.3 Å². The molecule has 2 nitrogen and oxygen atoms in total. The van der Waals surface area contributed by atoms with E-state index < -0.39 is 0 Å². The first kappa shape index (κ1) is 19.0. The molecule has 1 unspecified atom stereocenters. The quantitative estimate of drug-likeness (QED) is 0.523. The summed E-state index contributed by atoms with van der Waals surface area (Å²) in [4.78, 5) is 11.7. The van der Waals surface area contributed by atoms with Crippen molar-refractivity contribution in [2.75, 3.05) is 6.61 Å². The average molecular weight is 329 g/mol. The van der Waals surface area contributed by atoms with Crippen LogP contribution in [0, 0.1) is 11.7 Å². The molecule has 0 aliphatic heterocycles. The van der Waals surface area contributed by atoms with Crippen LogP contribution >= 0.6 is 11.6 Å². The maximum absolute atomic E-state index is 14.2. The Kier molecular flexibility index (Phi) is 8.47. The molecule has 0 aliphatic rings.